The van der Waals surface area contributed by atoms with E-state index in [1.807, 2.05) is 12.1 Å². The van der Waals surface area contributed by atoms with Crippen molar-refractivity contribution in [1.29, 1.82) is 0 Å². The normalized spacial score (nSPS) is 16.4. The Morgan fingerprint density at radius 3 is 2.33 bits per heavy atom. The van der Waals surface area contributed by atoms with Crippen LogP contribution in [0.15, 0.2) is 60.3 Å². The second-order valence-electron chi connectivity index (χ2n) is 9.43. The number of carbonyl (C=O) groups is 2. The summed E-state index contributed by atoms with van der Waals surface area (Å²) in [7, 11) is 5.99. The third-order valence-corrected chi connectivity index (χ3v) is 8.18. The van der Waals surface area contributed by atoms with Crippen LogP contribution in [0.2, 0.25) is 0 Å². The van der Waals surface area contributed by atoms with Crippen molar-refractivity contribution < 1.29 is 33.6 Å². The molecule has 3 aromatic heterocycles. The van der Waals surface area contributed by atoms with Crippen LogP contribution in [0.3, 0.4) is 0 Å². The molecule has 5 aromatic rings. The number of aliphatic hydroxyl groups excluding tert-OH is 1. The summed E-state index contributed by atoms with van der Waals surface area (Å²) < 4.78 is 24.4. The number of thiazole rings is 1. The van der Waals surface area contributed by atoms with Crippen molar-refractivity contribution in [3.63, 3.8) is 0 Å². The molecule has 2 aromatic carbocycles. The minimum absolute atomic E-state index is 0.125. The number of ketones is 1. The quantitative estimate of drug-likeness (QED) is 0.161. The molecule has 12 heteroatoms. The number of anilines is 1. The van der Waals surface area contributed by atoms with Gasteiger partial charge in [-0.1, -0.05) is 17.4 Å². The predicted molar refractivity (Wildman–Crippen MR) is 157 cm³/mol. The summed E-state index contributed by atoms with van der Waals surface area (Å²) in [6, 6.07) is 13.0. The smallest absolute Gasteiger partial charge is 0.301 e. The van der Waals surface area contributed by atoms with Gasteiger partial charge in [0, 0.05) is 6.20 Å². The predicted octanol–water partition coefficient (Wildman–Crippen LogP) is 4.91. The Bertz CT molecular complexity index is 1900. The lowest BCUT2D eigenvalue weighted by Gasteiger charge is -2.24. The van der Waals surface area contributed by atoms with Gasteiger partial charge in [0.1, 0.15) is 17.1 Å². The molecule has 1 N–H and O–H groups in total. The minimum Gasteiger partial charge on any atom is -0.505 e. The Morgan fingerprint density at radius 1 is 0.929 bits per heavy atom. The topological polar surface area (TPSA) is 125 Å². The number of aryl methyl sites for hydroxylation is 1. The number of amides is 1. The maximum atomic E-state index is 13.8. The van der Waals surface area contributed by atoms with Gasteiger partial charge in [-0.2, -0.15) is 0 Å². The summed E-state index contributed by atoms with van der Waals surface area (Å²) >= 11 is 1.23. The number of fused-ring (bicyclic) bond motifs is 2. The van der Waals surface area contributed by atoms with Gasteiger partial charge in [-0.15, -0.1) is 0 Å². The molecule has 1 saturated heterocycles. The van der Waals surface area contributed by atoms with E-state index in [1.54, 1.807) is 61.0 Å². The molecule has 1 aliphatic heterocycles. The van der Waals surface area contributed by atoms with E-state index in [9.17, 15) is 14.7 Å². The van der Waals surface area contributed by atoms with Gasteiger partial charge in [-0.3, -0.25) is 18.9 Å². The summed E-state index contributed by atoms with van der Waals surface area (Å²) in [5.41, 5.74) is 2.30. The molecule has 1 atom stereocenters. The number of nitrogens with zero attached hydrogens (tertiary/aromatic N) is 4. The molecule has 1 aliphatic rings. The van der Waals surface area contributed by atoms with Crippen molar-refractivity contribution in [1.82, 2.24) is 14.4 Å². The van der Waals surface area contributed by atoms with Crippen LogP contribution in [-0.2, 0) is 9.59 Å². The summed E-state index contributed by atoms with van der Waals surface area (Å²) in [4.78, 5) is 38.2. The number of aromatic nitrogens is 3. The highest BCUT2D eigenvalue weighted by Crippen LogP contribution is 2.48. The number of methoxy groups -OCH3 is 4. The number of ether oxygens (including phenoxy) is 4. The zero-order chi connectivity index (χ0) is 29.7. The number of rotatable bonds is 7. The number of hydrogen-bond donors (Lipinski definition) is 1. The van der Waals surface area contributed by atoms with Crippen LogP contribution in [0.25, 0.3) is 21.6 Å². The summed E-state index contributed by atoms with van der Waals surface area (Å²) in [5, 5.41) is 12.1. The van der Waals surface area contributed by atoms with Crippen LogP contribution in [0.5, 0.6) is 23.0 Å². The summed E-state index contributed by atoms with van der Waals surface area (Å²) in [6.45, 7) is 1.73. The van der Waals surface area contributed by atoms with Gasteiger partial charge in [0.15, 0.2) is 22.4 Å². The molecule has 1 unspecified atom stereocenters. The Labute approximate surface area is 244 Å². The molecule has 4 heterocycles. The van der Waals surface area contributed by atoms with Crippen LogP contribution in [0.4, 0.5) is 5.13 Å². The number of pyridine rings is 1. The van der Waals surface area contributed by atoms with Crippen LogP contribution in [0, 0.1) is 6.92 Å². The average Bonchev–Trinajstić information content (AvgIpc) is 3.65. The van der Waals surface area contributed by atoms with E-state index in [1.165, 1.54) is 37.6 Å². The molecule has 1 amide bonds. The molecule has 11 nitrogen and oxygen atoms in total. The molecule has 0 bridgehead atoms. The third-order valence-electron chi connectivity index (χ3n) is 7.17. The molecule has 0 radical (unpaired) electrons. The van der Waals surface area contributed by atoms with Gasteiger partial charge < -0.3 is 24.1 Å². The first-order valence-corrected chi connectivity index (χ1v) is 13.6. The fraction of sp³-hybridized carbons (Fsp3) is 0.200. The van der Waals surface area contributed by atoms with Crippen LogP contribution >= 0.6 is 11.3 Å². The second-order valence-corrected chi connectivity index (χ2v) is 10.4. The van der Waals surface area contributed by atoms with E-state index >= 15 is 0 Å². The second kappa shape index (κ2) is 10.4. The van der Waals surface area contributed by atoms with E-state index in [0.29, 0.717) is 51.1 Å². The van der Waals surface area contributed by atoms with Crippen molar-refractivity contribution in [3.05, 3.63) is 77.3 Å². The van der Waals surface area contributed by atoms with Crippen LogP contribution in [0.1, 0.15) is 23.0 Å². The third kappa shape index (κ3) is 4.10. The van der Waals surface area contributed by atoms with Crippen molar-refractivity contribution in [2.45, 2.75) is 13.0 Å². The van der Waals surface area contributed by atoms with Gasteiger partial charge in [0.05, 0.1) is 56.0 Å². The summed E-state index contributed by atoms with van der Waals surface area (Å²) in [6.07, 6.45) is 1.73. The number of imidazole rings is 1. The van der Waals surface area contributed by atoms with Crippen LogP contribution in [-0.4, -0.2) is 59.6 Å². The maximum absolute atomic E-state index is 13.8. The van der Waals surface area contributed by atoms with Crippen LogP contribution < -0.4 is 23.8 Å². The van der Waals surface area contributed by atoms with E-state index < -0.39 is 17.7 Å². The zero-order valence-electron chi connectivity index (χ0n) is 23.4. The van der Waals surface area contributed by atoms with Crippen molar-refractivity contribution in [2.24, 2.45) is 0 Å². The lowest BCUT2D eigenvalue weighted by Crippen LogP contribution is -2.29. The first-order chi connectivity index (χ1) is 20.3. The Kier molecular flexibility index (Phi) is 6.70. The average molecular weight is 587 g/mol. The van der Waals surface area contributed by atoms with Crippen molar-refractivity contribution in [2.75, 3.05) is 33.3 Å². The molecule has 0 aliphatic carbocycles. The highest BCUT2D eigenvalue weighted by molar-refractivity contribution is 7.22. The van der Waals surface area contributed by atoms with Gasteiger partial charge >= 0.3 is 5.91 Å². The van der Waals surface area contributed by atoms with Gasteiger partial charge in [-0.05, 0) is 55.0 Å². The fourth-order valence-corrected chi connectivity index (χ4v) is 6.27. The standard InChI is InChI=1S/C30H26N4O7S/c1-15-24(33-11-7-6-8-22(33)31-15)26(35)23-25(16-12-19(39-3)28(41-5)20(13-16)40-4)34(29(37)27(23)36)30-32-18-10-9-17(38-2)14-21(18)42-30/h6-14,25,35H,1-5H3. The minimum atomic E-state index is -1.09. The molecule has 214 valence electrons. The fourth-order valence-electron chi connectivity index (χ4n) is 5.25. The molecule has 42 heavy (non-hydrogen) atoms. The molecule has 0 saturated carbocycles. The number of aliphatic hydroxyl groups is 1. The van der Waals surface area contributed by atoms with Gasteiger partial charge in [-0.25, -0.2) is 9.97 Å². The number of Topliss-reactive ketones (excluding diaryl/α,β-unsaturated/α-hetero) is 1. The van der Waals surface area contributed by atoms with Gasteiger partial charge in [0.2, 0.25) is 5.75 Å². The number of hydrogen-bond acceptors (Lipinski definition) is 10. The molecule has 1 fully saturated rings. The molecular formula is C30H26N4O7S. The Hall–Kier alpha value is -5.10. The number of benzene rings is 2. The maximum Gasteiger partial charge on any atom is 0.301 e. The Balaban J connectivity index is 1.64. The molecular weight excluding hydrogens is 560 g/mol. The largest absolute Gasteiger partial charge is 0.505 e. The lowest BCUT2D eigenvalue weighted by atomic mass is 9.95. The van der Waals surface area contributed by atoms with Gasteiger partial charge in [0.25, 0.3) is 5.78 Å². The Morgan fingerprint density at radius 2 is 1.67 bits per heavy atom. The highest BCUT2D eigenvalue weighted by atomic mass is 32.1. The number of carbonyl (C=O) groups excluding carboxylic acids is 2. The molecule has 6 rings (SSSR count). The van der Waals surface area contributed by atoms with E-state index in [0.717, 1.165) is 4.70 Å². The summed E-state index contributed by atoms with van der Waals surface area (Å²) in [5.74, 6) is -0.473. The first kappa shape index (κ1) is 27.1. The van der Waals surface area contributed by atoms with E-state index in [4.69, 9.17) is 18.9 Å². The van der Waals surface area contributed by atoms with Crippen molar-refractivity contribution >= 4 is 49.8 Å². The van der Waals surface area contributed by atoms with E-state index in [-0.39, 0.29) is 16.5 Å². The lowest BCUT2D eigenvalue weighted by molar-refractivity contribution is -0.132. The van der Waals surface area contributed by atoms with E-state index in [2.05, 4.69) is 9.97 Å². The SMILES string of the molecule is COc1ccc2nc(N3C(=O)C(=O)C(=C(O)c4c(C)nc5ccccn45)C3c3cc(OC)c(OC)c(OC)c3)sc2c1. The first-order valence-electron chi connectivity index (χ1n) is 12.8. The molecule has 0 spiro atoms. The van der Waals surface area contributed by atoms with Crippen molar-refractivity contribution in [3.8, 4) is 23.0 Å². The monoisotopic (exact) mass is 586 g/mol. The highest BCUT2D eigenvalue weighted by Gasteiger charge is 2.49. The zero-order valence-corrected chi connectivity index (χ0v) is 24.2.